The first-order valence-corrected chi connectivity index (χ1v) is 9.83. The quantitative estimate of drug-likeness (QED) is 0.261. The van der Waals surface area contributed by atoms with Gasteiger partial charge >= 0.3 is 0 Å². The van der Waals surface area contributed by atoms with Gasteiger partial charge in [-0.15, -0.1) is 35.3 Å². The highest BCUT2D eigenvalue weighted by molar-refractivity contribution is 14.0. The van der Waals surface area contributed by atoms with Crippen LogP contribution in [0.3, 0.4) is 0 Å². The Morgan fingerprint density at radius 2 is 1.97 bits per heavy atom. The molecule has 0 aliphatic rings. The van der Waals surface area contributed by atoms with E-state index in [-0.39, 0.29) is 35.5 Å². The monoisotopic (exact) mass is 526 g/mol. The molecule has 0 aliphatic carbocycles. The summed E-state index contributed by atoms with van der Waals surface area (Å²) in [6.45, 7) is 3.29. The molecule has 8 heteroatoms. The summed E-state index contributed by atoms with van der Waals surface area (Å²) in [4.78, 5) is 9.70. The van der Waals surface area contributed by atoms with Crippen molar-refractivity contribution in [2.75, 3.05) is 13.6 Å². The number of aryl methyl sites for hydroxylation is 1. The second kappa shape index (κ2) is 11.7. The van der Waals surface area contributed by atoms with E-state index in [4.69, 9.17) is 4.74 Å². The Bertz CT molecular complexity index is 933. The summed E-state index contributed by atoms with van der Waals surface area (Å²) in [6, 6.07) is 14.2. The van der Waals surface area contributed by atoms with Gasteiger partial charge < -0.3 is 15.4 Å². The third kappa shape index (κ3) is 7.28. The molecule has 1 aromatic heterocycles. The van der Waals surface area contributed by atoms with E-state index in [0.717, 1.165) is 10.6 Å². The number of ether oxygens (including phenoxy) is 1. The zero-order valence-electron chi connectivity index (χ0n) is 16.3. The minimum Gasteiger partial charge on any atom is -0.454 e. The van der Waals surface area contributed by atoms with Gasteiger partial charge in [0.1, 0.15) is 10.8 Å². The molecule has 0 unspecified atom stereocenters. The van der Waals surface area contributed by atoms with Crippen molar-refractivity contribution in [3.05, 3.63) is 76.0 Å². The molecule has 3 rings (SSSR count). The van der Waals surface area contributed by atoms with Crippen LogP contribution in [-0.4, -0.2) is 24.5 Å². The highest BCUT2D eigenvalue weighted by Gasteiger charge is 2.07. The Kier molecular flexibility index (Phi) is 9.33. The van der Waals surface area contributed by atoms with E-state index in [1.54, 1.807) is 36.6 Å². The van der Waals surface area contributed by atoms with Crippen LogP contribution >= 0.6 is 35.3 Å². The van der Waals surface area contributed by atoms with Crippen molar-refractivity contribution >= 4 is 41.3 Å². The normalized spacial score (nSPS) is 10.9. The Hall–Kier alpha value is -2.20. The largest absolute Gasteiger partial charge is 0.454 e. The average Bonchev–Trinajstić information content (AvgIpc) is 3.12. The van der Waals surface area contributed by atoms with Gasteiger partial charge in [-0.3, -0.25) is 4.99 Å². The SMILES string of the molecule is CN=C(NCCc1ccc(Oc2ccccc2)c(F)c1)NCc1ncc(C)s1.I. The van der Waals surface area contributed by atoms with Gasteiger partial charge in [0, 0.05) is 24.7 Å². The van der Waals surface area contributed by atoms with Crippen LogP contribution in [0.15, 0.2) is 59.7 Å². The fourth-order valence-electron chi connectivity index (χ4n) is 2.59. The molecule has 0 radical (unpaired) electrons. The molecule has 1 heterocycles. The summed E-state index contributed by atoms with van der Waals surface area (Å²) >= 11 is 1.65. The number of aromatic nitrogens is 1. The maximum atomic E-state index is 14.3. The maximum Gasteiger partial charge on any atom is 0.191 e. The molecular formula is C21H24FIN4OS. The highest BCUT2D eigenvalue weighted by atomic mass is 127. The number of para-hydroxylation sites is 1. The molecule has 154 valence electrons. The minimum atomic E-state index is -0.372. The smallest absolute Gasteiger partial charge is 0.191 e. The number of thiazole rings is 1. The van der Waals surface area contributed by atoms with Gasteiger partial charge in [-0.05, 0) is 43.2 Å². The van der Waals surface area contributed by atoms with E-state index >= 15 is 0 Å². The van der Waals surface area contributed by atoms with E-state index in [2.05, 4.69) is 20.6 Å². The van der Waals surface area contributed by atoms with E-state index in [1.807, 2.05) is 37.4 Å². The molecule has 29 heavy (non-hydrogen) atoms. The van der Waals surface area contributed by atoms with Crippen LogP contribution in [0.4, 0.5) is 4.39 Å². The van der Waals surface area contributed by atoms with Gasteiger partial charge in [-0.25, -0.2) is 9.37 Å². The van der Waals surface area contributed by atoms with Crippen LogP contribution in [0, 0.1) is 12.7 Å². The Balaban J connectivity index is 0.00000300. The number of nitrogens with zero attached hydrogens (tertiary/aromatic N) is 2. The van der Waals surface area contributed by atoms with Gasteiger partial charge in [0.15, 0.2) is 17.5 Å². The molecule has 5 nitrogen and oxygen atoms in total. The van der Waals surface area contributed by atoms with Gasteiger partial charge in [-0.2, -0.15) is 0 Å². The van der Waals surface area contributed by atoms with Gasteiger partial charge in [-0.1, -0.05) is 24.3 Å². The van der Waals surface area contributed by atoms with Crippen LogP contribution in [0.1, 0.15) is 15.4 Å². The van der Waals surface area contributed by atoms with Crippen molar-refractivity contribution in [3.8, 4) is 11.5 Å². The minimum absolute atomic E-state index is 0. The second-order valence-corrected chi connectivity index (χ2v) is 7.47. The zero-order valence-corrected chi connectivity index (χ0v) is 19.5. The van der Waals surface area contributed by atoms with E-state index < -0.39 is 0 Å². The van der Waals surface area contributed by atoms with Crippen LogP contribution in [0.2, 0.25) is 0 Å². The zero-order chi connectivity index (χ0) is 19.8. The van der Waals surface area contributed by atoms with Crippen molar-refractivity contribution in [1.82, 2.24) is 15.6 Å². The fraction of sp³-hybridized carbons (Fsp3) is 0.238. The summed E-state index contributed by atoms with van der Waals surface area (Å²) in [7, 11) is 1.72. The third-order valence-electron chi connectivity index (χ3n) is 3.97. The molecule has 0 atom stereocenters. The number of nitrogens with one attached hydrogen (secondary N) is 2. The Morgan fingerprint density at radius 3 is 2.62 bits per heavy atom. The van der Waals surface area contributed by atoms with E-state index in [9.17, 15) is 4.39 Å². The lowest BCUT2D eigenvalue weighted by Crippen LogP contribution is -2.37. The first-order chi connectivity index (χ1) is 13.6. The van der Waals surface area contributed by atoms with Gasteiger partial charge in [0.05, 0.1) is 6.54 Å². The standard InChI is InChI=1S/C21H23FN4OS.HI/c1-15-13-25-20(28-15)14-26-21(23-2)24-11-10-16-8-9-19(18(22)12-16)27-17-6-4-3-5-7-17;/h3-9,12-13H,10-11,14H2,1-2H3,(H2,23,24,26);1H. The van der Waals surface area contributed by atoms with E-state index in [1.165, 1.54) is 10.9 Å². The van der Waals surface area contributed by atoms with Gasteiger partial charge in [0.25, 0.3) is 0 Å². The van der Waals surface area contributed by atoms with Crippen molar-refractivity contribution in [1.29, 1.82) is 0 Å². The summed E-state index contributed by atoms with van der Waals surface area (Å²) in [5, 5.41) is 7.47. The number of rotatable bonds is 7. The summed E-state index contributed by atoms with van der Waals surface area (Å²) in [6.07, 6.45) is 2.52. The predicted molar refractivity (Wildman–Crippen MR) is 127 cm³/mol. The molecule has 2 aromatic carbocycles. The first-order valence-electron chi connectivity index (χ1n) is 9.01. The van der Waals surface area contributed by atoms with Crippen molar-refractivity contribution < 1.29 is 9.13 Å². The lowest BCUT2D eigenvalue weighted by atomic mass is 10.1. The number of aliphatic imine (C=N–C) groups is 1. The molecule has 0 bridgehead atoms. The summed E-state index contributed by atoms with van der Waals surface area (Å²) in [5.74, 6) is 1.15. The van der Waals surface area contributed by atoms with Crippen LogP contribution in [0.25, 0.3) is 0 Å². The molecule has 0 fully saturated rings. The first kappa shape index (κ1) is 23.1. The van der Waals surface area contributed by atoms with Crippen molar-refractivity contribution in [2.45, 2.75) is 19.9 Å². The number of guanidine groups is 1. The van der Waals surface area contributed by atoms with Crippen LogP contribution in [-0.2, 0) is 13.0 Å². The molecule has 2 N–H and O–H groups in total. The van der Waals surface area contributed by atoms with Crippen LogP contribution in [0.5, 0.6) is 11.5 Å². The number of hydrogen-bond donors (Lipinski definition) is 2. The van der Waals surface area contributed by atoms with Crippen molar-refractivity contribution in [3.63, 3.8) is 0 Å². The number of halogens is 2. The highest BCUT2D eigenvalue weighted by Crippen LogP contribution is 2.25. The lowest BCUT2D eigenvalue weighted by Gasteiger charge is -2.12. The van der Waals surface area contributed by atoms with Crippen molar-refractivity contribution in [2.24, 2.45) is 4.99 Å². The molecule has 0 amide bonds. The summed E-state index contributed by atoms with van der Waals surface area (Å²) in [5.41, 5.74) is 0.886. The second-order valence-electron chi connectivity index (χ2n) is 6.15. The molecule has 0 aliphatic heterocycles. The van der Waals surface area contributed by atoms with Gasteiger partial charge in [0.2, 0.25) is 0 Å². The number of hydrogen-bond acceptors (Lipinski definition) is 4. The fourth-order valence-corrected chi connectivity index (χ4v) is 3.31. The molecule has 0 saturated carbocycles. The van der Waals surface area contributed by atoms with Crippen LogP contribution < -0.4 is 15.4 Å². The predicted octanol–water partition coefficient (Wildman–Crippen LogP) is 4.91. The molecule has 0 saturated heterocycles. The maximum absolute atomic E-state index is 14.3. The molecule has 3 aromatic rings. The summed E-state index contributed by atoms with van der Waals surface area (Å²) < 4.78 is 19.9. The third-order valence-corrected chi connectivity index (χ3v) is 4.89. The Labute approximate surface area is 191 Å². The molecular weight excluding hydrogens is 502 g/mol. The van der Waals surface area contributed by atoms with E-state index in [0.29, 0.717) is 31.2 Å². The average molecular weight is 526 g/mol. The molecule has 0 spiro atoms. The number of benzene rings is 2. The lowest BCUT2D eigenvalue weighted by molar-refractivity contribution is 0.441. The Morgan fingerprint density at radius 1 is 1.17 bits per heavy atom. The topological polar surface area (TPSA) is 58.5 Å².